The molecule has 1 atom stereocenters. The van der Waals surface area contributed by atoms with Crippen LogP contribution in [0, 0.1) is 0 Å². The second kappa shape index (κ2) is 10.4. The molecule has 1 aromatic heterocycles. The van der Waals surface area contributed by atoms with Gasteiger partial charge in [0.15, 0.2) is 0 Å². The zero-order valence-electron chi connectivity index (χ0n) is 18.4. The molecule has 1 aromatic carbocycles. The van der Waals surface area contributed by atoms with Crippen molar-refractivity contribution in [2.75, 3.05) is 13.7 Å². The van der Waals surface area contributed by atoms with Crippen molar-refractivity contribution in [3.8, 4) is 0 Å². The highest BCUT2D eigenvalue weighted by Gasteiger charge is 2.34. The minimum absolute atomic E-state index is 0.0625. The van der Waals surface area contributed by atoms with Crippen LogP contribution in [0.5, 0.6) is 0 Å². The molecule has 168 valence electrons. The summed E-state index contributed by atoms with van der Waals surface area (Å²) in [5.74, 6) is -0.241. The van der Waals surface area contributed by atoms with Crippen molar-refractivity contribution >= 4 is 17.4 Å². The van der Waals surface area contributed by atoms with Gasteiger partial charge in [-0.2, -0.15) is 0 Å². The molecule has 8 nitrogen and oxygen atoms in total. The van der Waals surface area contributed by atoms with E-state index < -0.39 is 6.04 Å². The molecule has 1 aliphatic heterocycles. The number of hydrogen-bond acceptors (Lipinski definition) is 5. The number of allylic oxidation sites excluding steroid dienone is 4. The average Bonchev–Trinajstić information content (AvgIpc) is 3.48. The van der Waals surface area contributed by atoms with Crippen molar-refractivity contribution in [3.05, 3.63) is 65.5 Å². The zero-order chi connectivity index (χ0) is 22.3. The van der Waals surface area contributed by atoms with Gasteiger partial charge < -0.3 is 15.0 Å². The van der Waals surface area contributed by atoms with Gasteiger partial charge in [0, 0.05) is 20.2 Å². The largest absolute Gasteiger partial charge is 0.378 e. The van der Waals surface area contributed by atoms with Crippen molar-refractivity contribution in [2.45, 2.75) is 51.4 Å². The van der Waals surface area contributed by atoms with Crippen LogP contribution >= 0.6 is 0 Å². The molecular formula is C24H29N5O3. The summed E-state index contributed by atoms with van der Waals surface area (Å²) in [4.78, 5) is 27.2. The molecule has 2 heterocycles. The number of hydrogen-bond donors (Lipinski definition) is 1. The van der Waals surface area contributed by atoms with Gasteiger partial charge in [0.25, 0.3) is 0 Å². The van der Waals surface area contributed by atoms with Gasteiger partial charge in [-0.15, -0.1) is 5.10 Å². The summed E-state index contributed by atoms with van der Waals surface area (Å²) in [6.07, 6.45) is 11.7. The lowest BCUT2D eigenvalue weighted by Gasteiger charge is -2.24. The van der Waals surface area contributed by atoms with E-state index in [0.29, 0.717) is 31.8 Å². The lowest BCUT2D eigenvalue weighted by atomic mass is 9.97. The number of nitrogens with zero attached hydrogens (tertiary/aromatic N) is 4. The van der Waals surface area contributed by atoms with Crippen LogP contribution in [-0.2, 0) is 34.0 Å². The van der Waals surface area contributed by atoms with Crippen LogP contribution in [-0.4, -0.2) is 51.4 Å². The van der Waals surface area contributed by atoms with Crippen LogP contribution in [0.1, 0.15) is 42.5 Å². The van der Waals surface area contributed by atoms with Crippen molar-refractivity contribution in [3.63, 3.8) is 0 Å². The van der Waals surface area contributed by atoms with Crippen LogP contribution in [0.2, 0.25) is 0 Å². The first-order valence-electron chi connectivity index (χ1n) is 11.0. The van der Waals surface area contributed by atoms with Crippen molar-refractivity contribution in [1.29, 1.82) is 0 Å². The van der Waals surface area contributed by atoms with E-state index in [-0.39, 0.29) is 18.4 Å². The van der Waals surface area contributed by atoms with Crippen LogP contribution < -0.4 is 5.32 Å². The highest BCUT2D eigenvalue weighted by molar-refractivity contribution is 5.88. The molecule has 1 N–H and O–H groups in total. The Labute approximate surface area is 187 Å². The molecule has 8 heteroatoms. The minimum Gasteiger partial charge on any atom is -0.378 e. The van der Waals surface area contributed by atoms with E-state index in [4.69, 9.17) is 4.74 Å². The van der Waals surface area contributed by atoms with Crippen molar-refractivity contribution in [1.82, 2.24) is 25.2 Å². The van der Waals surface area contributed by atoms with Crippen LogP contribution in [0.4, 0.5) is 0 Å². The zero-order valence-corrected chi connectivity index (χ0v) is 18.4. The first kappa shape index (κ1) is 22.0. The van der Waals surface area contributed by atoms with Crippen molar-refractivity contribution < 1.29 is 14.3 Å². The molecule has 0 radical (unpaired) electrons. The van der Waals surface area contributed by atoms with Gasteiger partial charge in [0.1, 0.15) is 18.3 Å². The maximum Gasteiger partial charge on any atom is 0.245 e. The Balaban J connectivity index is 1.30. The number of carbonyl (C=O) groups excluding carboxylic acids is 2. The molecule has 0 unspecified atom stereocenters. The molecule has 4 rings (SSSR count). The SMILES string of the molecule is COCc1cn(CC(=O)N2CCC[C@H]2C(=O)NCc2ccc(C3=CC=CCC3)cc2)nn1. The van der Waals surface area contributed by atoms with Crippen molar-refractivity contribution in [2.24, 2.45) is 0 Å². The number of methoxy groups -OCH3 is 1. The quantitative estimate of drug-likeness (QED) is 0.688. The van der Waals surface area contributed by atoms with E-state index in [9.17, 15) is 9.59 Å². The van der Waals surface area contributed by atoms with E-state index in [2.05, 4.69) is 58.1 Å². The number of nitrogens with one attached hydrogen (secondary N) is 1. The first-order valence-corrected chi connectivity index (χ1v) is 11.0. The van der Waals surface area contributed by atoms with Crippen LogP contribution in [0.3, 0.4) is 0 Å². The van der Waals surface area contributed by atoms with Crippen LogP contribution in [0.25, 0.3) is 5.57 Å². The van der Waals surface area contributed by atoms with E-state index in [1.54, 1.807) is 18.2 Å². The number of aromatic nitrogens is 3. The highest BCUT2D eigenvalue weighted by atomic mass is 16.5. The number of ether oxygens (including phenoxy) is 1. The topological polar surface area (TPSA) is 89.4 Å². The fourth-order valence-electron chi connectivity index (χ4n) is 4.18. The van der Waals surface area contributed by atoms with E-state index >= 15 is 0 Å². The van der Waals surface area contributed by atoms with E-state index in [1.165, 1.54) is 15.8 Å². The number of benzene rings is 1. The second-order valence-corrected chi connectivity index (χ2v) is 8.16. The predicted molar refractivity (Wildman–Crippen MR) is 120 cm³/mol. The number of rotatable bonds is 8. The van der Waals surface area contributed by atoms with Gasteiger partial charge in [-0.1, -0.05) is 47.7 Å². The Hall–Kier alpha value is -3.26. The van der Waals surface area contributed by atoms with E-state index in [0.717, 1.165) is 24.8 Å². The van der Waals surface area contributed by atoms with E-state index in [1.807, 2.05) is 0 Å². The molecule has 1 aliphatic carbocycles. The Morgan fingerprint density at radius 1 is 1.25 bits per heavy atom. The second-order valence-electron chi connectivity index (χ2n) is 8.16. The normalized spacial score (nSPS) is 18.0. The minimum atomic E-state index is -0.442. The molecule has 1 saturated heterocycles. The molecular weight excluding hydrogens is 406 g/mol. The maximum absolute atomic E-state index is 12.8. The maximum atomic E-state index is 12.8. The van der Waals surface area contributed by atoms with Crippen LogP contribution in [0.15, 0.2) is 48.7 Å². The summed E-state index contributed by atoms with van der Waals surface area (Å²) in [5.41, 5.74) is 4.26. The smallest absolute Gasteiger partial charge is 0.245 e. The summed E-state index contributed by atoms with van der Waals surface area (Å²) in [7, 11) is 1.58. The van der Waals surface area contributed by atoms with Gasteiger partial charge in [-0.3, -0.25) is 9.59 Å². The number of carbonyl (C=O) groups is 2. The first-order chi connectivity index (χ1) is 15.6. The molecule has 2 aliphatic rings. The van der Waals surface area contributed by atoms with Gasteiger partial charge in [0.05, 0.1) is 12.8 Å². The van der Waals surface area contributed by atoms with Gasteiger partial charge in [0.2, 0.25) is 11.8 Å². The lowest BCUT2D eigenvalue weighted by molar-refractivity contribution is -0.139. The molecule has 0 saturated carbocycles. The molecule has 0 bridgehead atoms. The summed E-state index contributed by atoms with van der Waals surface area (Å²) < 4.78 is 6.51. The van der Waals surface area contributed by atoms with Gasteiger partial charge >= 0.3 is 0 Å². The molecule has 1 fully saturated rings. The highest BCUT2D eigenvalue weighted by Crippen LogP contribution is 2.24. The molecule has 32 heavy (non-hydrogen) atoms. The Morgan fingerprint density at radius 3 is 2.84 bits per heavy atom. The predicted octanol–water partition coefficient (Wildman–Crippen LogP) is 2.47. The molecule has 2 aromatic rings. The summed E-state index contributed by atoms with van der Waals surface area (Å²) in [5, 5.41) is 10.9. The fourth-order valence-corrected chi connectivity index (χ4v) is 4.18. The Bertz CT molecular complexity index is 1010. The third-order valence-electron chi connectivity index (χ3n) is 5.86. The Morgan fingerprint density at radius 2 is 2.09 bits per heavy atom. The average molecular weight is 436 g/mol. The lowest BCUT2D eigenvalue weighted by Crippen LogP contribution is -2.46. The fraction of sp³-hybridized carbons (Fsp3) is 0.417. The third kappa shape index (κ3) is 5.31. The summed E-state index contributed by atoms with van der Waals surface area (Å²) in [6, 6.07) is 7.87. The summed E-state index contributed by atoms with van der Waals surface area (Å²) in [6.45, 7) is 1.43. The van der Waals surface area contributed by atoms with Gasteiger partial charge in [-0.05, 0) is 42.4 Å². The molecule has 0 spiro atoms. The Kier molecular flexibility index (Phi) is 7.11. The van der Waals surface area contributed by atoms with Gasteiger partial charge in [-0.25, -0.2) is 4.68 Å². The monoisotopic (exact) mass is 435 g/mol. The number of likely N-dealkylation sites (tertiary alicyclic amines) is 1. The summed E-state index contributed by atoms with van der Waals surface area (Å²) >= 11 is 0. The third-order valence-corrected chi connectivity index (χ3v) is 5.86. The number of amides is 2. The standard InChI is InChI=1S/C24H29N5O3/c1-32-17-21-15-28(27-26-21)16-23(30)29-13-5-8-22(29)24(31)25-14-18-9-11-20(12-10-18)19-6-3-2-4-7-19/h2-3,6,9-12,15,22H,4-5,7-8,13-14,16-17H2,1H3,(H,25,31)/t22-/m0/s1. The molecule has 2 amide bonds.